The number of hydrogen-bond donors (Lipinski definition) is 1. The van der Waals surface area contributed by atoms with Crippen LogP contribution < -0.4 is 5.32 Å². The Kier molecular flexibility index (Phi) is 3.27. The Morgan fingerprint density at radius 3 is 2.78 bits per heavy atom. The van der Waals surface area contributed by atoms with Crippen LogP contribution in [-0.4, -0.2) is 4.92 Å². The number of furan rings is 1. The van der Waals surface area contributed by atoms with Crippen molar-refractivity contribution in [1.29, 1.82) is 0 Å². The fourth-order valence-corrected chi connectivity index (χ4v) is 1.51. The number of aryl methyl sites for hydroxylation is 1. The van der Waals surface area contributed by atoms with Gasteiger partial charge in [-0.1, -0.05) is 6.07 Å². The van der Waals surface area contributed by atoms with Gasteiger partial charge < -0.3 is 9.73 Å². The third kappa shape index (κ3) is 2.65. The lowest BCUT2D eigenvalue weighted by Crippen LogP contribution is -2.00. The minimum absolute atomic E-state index is 0.188. The highest BCUT2D eigenvalue weighted by Crippen LogP contribution is 2.19. The summed E-state index contributed by atoms with van der Waals surface area (Å²) < 4.78 is 18.4. The number of hydrogen-bond acceptors (Lipinski definition) is 4. The number of anilines is 1. The van der Waals surface area contributed by atoms with E-state index in [4.69, 9.17) is 4.42 Å². The van der Waals surface area contributed by atoms with Crippen LogP contribution in [0.3, 0.4) is 0 Å². The third-order valence-corrected chi connectivity index (χ3v) is 2.41. The van der Waals surface area contributed by atoms with E-state index in [1.165, 1.54) is 18.2 Å². The van der Waals surface area contributed by atoms with Gasteiger partial charge in [-0.2, -0.15) is 0 Å². The number of benzene rings is 1. The van der Waals surface area contributed by atoms with Gasteiger partial charge in [0.05, 0.1) is 18.3 Å². The smallest absolute Gasteiger partial charge is 0.404 e. The maximum absolute atomic E-state index is 13.5. The van der Waals surface area contributed by atoms with Crippen LogP contribution in [0.25, 0.3) is 0 Å². The van der Waals surface area contributed by atoms with Crippen molar-refractivity contribution in [3.63, 3.8) is 0 Å². The molecule has 1 heterocycles. The molecule has 18 heavy (non-hydrogen) atoms. The van der Waals surface area contributed by atoms with Crippen molar-refractivity contribution >= 4 is 11.6 Å². The predicted molar refractivity (Wildman–Crippen MR) is 63.8 cm³/mol. The van der Waals surface area contributed by atoms with Crippen molar-refractivity contribution < 1.29 is 13.7 Å². The molecule has 94 valence electrons. The molecular formula is C12H11FN2O3. The predicted octanol–water partition coefficient (Wildman–Crippen LogP) is 3.25. The van der Waals surface area contributed by atoms with Crippen LogP contribution in [0.1, 0.15) is 11.3 Å². The SMILES string of the molecule is Cc1ccc(NCc2ccc([N+](=O)[O-])o2)c(F)c1. The first-order valence-corrected chi connectivity index (χ1v) is 5.29. The first-order valence-electron chi connectivity index (χ1n) is 5.29. The van der Waals surface area contributed by atoms with E-state index in [0.29, 0.717) is 11.4 Å². The molecule has 0 aliphatic carbocycles. The lowest BCUT2D eigenvalue weighted by atomic mass is 10.2. The van der Waals surface area contributed by atoms with Crippen molar-refractivity contribution in [2.24, 2.45) is 0 Å². The zero-order chi connectivity index (χ0) is 13.1. The monoisotopic (exact) mass is 250 g/mol. The average Bonchev–Trinajstić information content (AvgIpc) is 2.76. The van der Waals surface area contributed by atoms with Gasteiger partial charge in [0.25, 0.3) is 0 Å². The van der Waals surface area contributed by atoms with Crippen LogP contribution in [-0.2, 0) is 6.54 Å². The van der Waals surface area contributed by atoms with Crippen molar-refractivity contribution in [1.82, 2.24) is 0 Å². The molecular weight excluding hydrogens is 239 g/mol. The van der Waals surface area contributed by atoms with Crippen molar-refractivity contribution in [3.8, 4) is 0 Å². The molecule has 0 unspecified atom stereocenters. The minimum atomic E-state index is -0.615. The Morgan fingerprint density at radius 2 is 2.17 bits per heavy atom. The van der Waals surface area contributed by atoms with E-state index in [9.17, 15) is 14.5 Å². The molecule has 0 aliphatic rings. The zero-order valence-corrected chi connectivity index (χ0v) is 9.64. The van der Waals surface area contributed by atoms with Crippen molar-refractivity contribution in [3.05, 3.63) is 57.6 Å². The summed E-state index contributed by atoms with van der Waals surface area (Å²) in [7, 11) is 0. The summed E-state index contributed by atoms with van der Waals surface area (Å²) in [6, 6.07) is 7.55. The zero-order valence-electron chi connectivity index (χ0n) is 9.64. The summed E-state index contributed by atoms with van der Waals surface area (Å²) >= 11 is 0. The molecule has 1 aromatic heterocycles. The standard InChI is InChI=1S/C12H11FN2O3/c1-8-2-4-11(10(13)6-8)14-7-9-3-5-12(18-9)15(16)17/h2-6,14H,7H2,1H3. The number of rotatable bonds is 4. The fraction of sp³-hybridized carbons (Fsp3) is 0.167. The molecule has 0 spiro atoms. The molecule has 0 atom stereocenters. The topological polar surface area (TPSA) is 68.3 Å². The summed E-state index contributed by atoms with van der Waals surface area (Å²) in [5, 5.41) is 13.2. The van der Waals surface area contributed by atoms with E-state index < -0.39 is 4.92 Å². The van der Waals surface area contributed by atoms with Crippen molar-refractivity contribution in [2.75, 3.05) is 5.32 Å². The Labute approximate surface area is 102 Å². The molecule has 0 fully saturated rings. The van der Waals surface area contributed by atoms with Gasteiger partial charge in [-0.25, -0.2) is 4.39 Å². The molecule has 2 rings (SSSR count). The molecule has 0 saturated heterocycles. The van der Waals surface area contributed by atoms with Gasteiger partial charge in [-0.3, -0.25) is 10.1 Å². The highest BCUT2D eigenvalue weighted by Gasteiger charge is 2.11. The minimum Gasteiger partial charge on any atom is -0.404 e. The lowest BCUT2D eigenvalue weighted by Gasteiger charge is -2.06. The van der Waals surface area contributed by atoms with E-state index in [1.54, 1.807) is 19.1 Å². The quantitative estimate of drug-likeness (QED) is 0.668. The Bertz CT molecular complexity index is 580. The van der Waals surface area contributed by atoms with E-state index in [1.807, 2.05) is 0 Å². The van der Waals surface area contributed by atoms with Crippen LogP contribution in [0.2, 0.25) is 0 Å². The second-order valence-electron chi connectivity index (χ2n) is 3.83. The summed E-state index contributed by atoms with van der Waals surface area (Å²) in [6.45, 7) is 1.98. The Balaban J connectivity index is 2.04. The van der Waals surface area contributed by atoms with Crippen LogP contribution in [0, 0.1) is 22.9 Å². The van der Waals surface area contributed by atoms with Gasteiger partial charge >= 0.3 is 5.88 Å². The number of nitrogens with zero attached hydrogens (tertiary/aromatic N) is 1. The number of nitrogens with one attached hydrogen (secondary N) is 1. The van der Waals surface area contributed by atoms with E-state index in [-0.39, 0.29) is 18.2 Å². The summed E-state index contributed by atoms with van der Waals surface area (Å²) in [5.74, 6) is -0.311. The first-order chi connectivity index (χ1) is 8.56. The second kappa shape index (κ2) is 4.87. The third-order valence-electron chi connectivity index (χ3n) is 2.41. The fourth-order valence-electron chi connectivity index (χ4n) is 1.51. The maximum atomic E-state index is 13.5. The first kappa shape index (κ1) is 12.1. The molecule has 0 bridgehead atoms. The van der Waals surface area contributed by atoms with Gasteiger partial charge in [-0.05, 0) is 30.7 Å². The average molecular weight is 250 g/mol. The summed E-state index contributed by atoms with van der Waals surface area (Å²) in [6.07, 6.45) is 0. The van der Waals surface area contributed by atoms with Gasteiger partial charge in [0.2, 0.25) is 0 Å². The summed E-state index contributed by atoms with van der Waals surface area (Å²) in [4.78, 5) is 9.80. The maximum Gasteiger partial charge on any atom is 0.433 e. The molecule has 0 aliphatic heterocycles. The Hall–Kier alpha value is -2.37. The van der Waals surface area contributed by atoms with Gasteiger partial charge in [0, 0.05) is 0 Å². The lowest BCUT2D eigenvalue weighted by molar-refractivity contribution is -0.402. The molecule has 6 heteroatoms. The number of nitro groups is 1. The van der Waals surface area contributed by atoms with Gasteiger partial charge in [0.1, 0.15) is 16.5 Å². The normalized spacial score (nSPS) is 10.3. The molecule has 0 amide bonds. The van der Waals surface area contributed by atoms with Crippen LogP contribution in [0.4, 0.5) is 16.0 Å². The van der Waals surface area contributed by atoms with Gasteiger partial charge in [0.15, 0.2) is 0 Å². The largest absolute Gasteiger partial charge is 0.433 e. The van der Waals surface area contributed by atoms with Gasteiger partial charge in [-0.15, -0.1) is 0 Å². The molecule has 1 aromatic carbocycles. The van der Waals surface area contributed by atoms with Crippen LogP contribution >= 0.6 is 0 Å². The number of halogens is 1. The summed E-state index contributed by atoms with van der Waals surface area (Å²) in [5.41, 5.74) is 1.16. The van der Waals surface area contributed by atoms with Crippen LogP contribution in [0.5, 0.6) is 0 Å². The molecule has 0 saturated carbocycles. The van der Waals surface area contributed by atoms with E-state index in [0.717, 1.165) is 5.56 Å². The highest BCUT2D eigenvalue weighted by molar-refractivity contribution is 5.46. The highest BCUT2D eigenvalue weighted by atomic mass is 19.1. The van der Waals surface area contributed by atoms with Crippen LogP contribution in [0.15, 0.2) is 34.7 Å². The molecule has 0 radical (unpaired) electrons. The van der Waals surface area contributed by atoms with E-state index in [2.05, 4.69) is 5.32 Å². The molecule has 1 N–H and O–H groups in total. The van der Waals surface area contributed by atoms with E-state index >= 15 is 0 Å². The molecule has 5 nitrogen and oxygen atoms in total. The Morgan fingerprint density at radius 1 is 1.39 bits per heavy atom. The van der Waals surface area contributed by atoms with Crippen molar-refractivity contribution in [2.45, 2.75) is 13.5 Å². The molecule has 2 aromatic rings. The second-order valence-corrected chi connectivity index (χ2v) is 3.83.